The van der Waals surface area contributed by atoms with E-state index in [1.807, 2.05) is 6.92 Å². The molecular formula is C39H73F3N2O7S3. The van der Waals surface area contributed by atoms with Crippen LogP contribution in [0.4, 0.5) is 13.2 Å². The Morgan fingerprint density at radius 2 is 1.02 bits per heavy atom. The van der Waals surface area contributed by atoms with E-state index in [2.05, 4.69) is 94.8 Å². The van der Waals surface area contributed by atoms with Gasteiger partial charge in [-0.15, -0.1) is 0 Å². The average molecular weight is 835 g/mol. The van der Waals surface area contributed by atoms with Crippen molar-refractivity contribution in [3.63, 3.8) is 0 Å². The summed E-state index contributed by atoms with van der Waals surface area (Å²) in [5, 5.41) is 1.87. The van der Waals surface area contributed by atoms with E-state index < -0.39 is 45.2 Å². The maximum Gasteiger partial charge on any atom is 0.408 e. The number of thioether (sulfide) groups is 1. The first-order chi connectivity index (χ1) is 24.0. The largest absolute Gasteiger partial charge is 0.408 e. The van der Waals surface area contributed by atoms with Crippen LogP contribution in [0.15, 0.2) is 0 Å². The Morgan fingerprint density at radius 3 is 1.19 bits per heavy atom. The van der Waals surface area contributed by atoms with Crippen LogP contribution in [0.25, 0.3) is 0 Å². The molecule has 5 aliphatic heterocycles. The van der Waals surface area contributed by atoms with E-state index in [1.165, 1.54) is 16.6 Å². The van der Waals surface area contributed by atoms with Gasteiger partial charge in [-0.25, -0.2) is 18.5 Å². The van der Waals surface area contributed by atoms with Crippen molar-refractivity contribution in [1.82, 2.24) is 10.1 Å². The molecule has 0 radical (unpaired) electrons. The molecule has 2 atom stereocenters. The summed E-state index contributed by atoms with van der Waals surface area (Å²) in [6, 6.07) is 0. The van der Waals surface area contributed by atoms with E-state index in [1.54, 1.807) is 20.8 Å². The van der Waals surface area contributed by atoms with Crippen molar-refractivity contribution in [1.29, 1.82) is 0 Å². The standard InChI is InChI=1S/C9H14F3NO2.C9H17NO2.C7H14O2S.C7H14OS.C7H14S/c1-8(2,3)6-4-15-13(7(6)14)5-9(10,11)12;1-5-10-8(11)7(6-12-10)9(2,3)4;1-7(2,3)6-4-10(8,9)5-6;1-7(2,3)6-4-9(8)5-6;1-7(2,3)6-4-8-5-6/h6H,4-5H2,1-3H3;7H,5-6H2,1-4H3;6H,4-5H2,1-3H3;6H,4-5H2,1-3H3;6H,4-5H2,1-3H3/t6-;7-;;;/m11.../s1. The van der Waals surface area contributed by atoms with E-state index in [9.17, 15) is 35.4 Å². The number of amides is 2. The molecule has 0 aromatic carbocycles. The van der Waals surface area contributed by atoms with E-state index >= 15 is 0 Å². The molecule has 0 aliphatic carbocycles. The first-order valence-corrected chi connectivity index (χ1v) is 23.5. The lowest BCUT2D eigenvalue weighted by atomic mass is 9.81. The van der Waals surface area contributed by atoms with E-state index in [0.29, 0.717) is 52.4 Å². The minimum absolute atomic E-state index is 0.0149. The number of hydrogen-bond acceptors (Lipinski definition) is 8. The number of hydrogen-bond donors (Lipinski definition) is 0. The zero-order chi connectivity index (χ0) is 42.5. The van der Waals surface area contributed by atoms with Crippen LogP contribution in [0.3, 0.4) is 0 Å². The van der Waals surface area contributed by atoms with Crippen molar-refractivity contribution in [3.05, 3.63) is 0 Å². The third-order valence-electron chi connectivity index (χ3n) is 10.6. The molecule has 5 rings (SSSR count). The van der Waals surface area contributed by atoms with Gasteiger partial charge in [-0.1, -0.05) is 104 Å². The second-order valence-electron chi connectivity index (χ2n) is 20.5. The van der Waals surface area contributed by atoms with Gasteiger partial charge < -0.3 is 0 Å². The zero-order valence-corrected chi connectivity index (χ0v) is 38.5. The molecule has 5 fully saturated rings. The molecule has 0 unspecified atom stereocenters. The Balaban J connectivity index is 0.000000343. The molecule has 0 aromatic heterocycles. The minimum atomic E-state index is -4.41. The predicted octanol–water partition coefficient (Wildman–Crippen LogP) is 8.31. The Hall–Kier alpha value is -0.900. The molecule has 0 aromatic rings. The van der Waals surface area contributed by atoms with Crippen LogP contribution in [0.5, 0.6) is 0 Å². The number of carbonyl (C=O) groups is 2. The van der Waals surface area contributed by atoms with Gasteiger partial charge in [-0.3, -0.25) is 23.5 Å². The summed E-state index contributed by atoms with van der Waals surface area (Å²) >= 11 is 2.07. The number of carbonyl (C=O) groups excluding carboxylic acids is 2. The molecule has 5 aliphatic rings. The average Bonchev–Trinajstić information content (AvgIpc) is 3.44. The number of alkyl halides is 3. The van der Waals surface area contributed by atoms with Gasteiger partial charge in [0.2, 0.25) is 0 Å². The van der Waals surface area contributed by atoms with Crippen LogP contribution < -0.4 is 0 Å². The fourth-order valence-corrected chi connectivity index (χ4v) is 10.8. The first-order valence-electron chi connectivity index (χ1n) is 19.1. The van der Waals surface area contributed by atoms with E-state index in [-0.39, 0.29) is 34.7 Å². The van der Waals surface area contributed by atoms with Crippen LogP contribution in [0, 0.1) is 56.7 Å². The summed E-state index contributed by atoms with van der Waals surface area (Å²) < 4.78 is 68.2. The van der Waals surface area contributed by atoms with Crippen molar-refractivity contribution in [2.24, 2.45) is 56.7 Å². The molecule has 2 amide bonds. The maximum atomic E-state index is 12.0. The van der Waals surface area contributed by atoms with Crippen molar-refractivity contribution in [2.45, 2.75) is 117 Å². The molecule has 0 bridgehead atoms. The number of halogens is 3. The Labute approximate surface area is 332 Å². The van der Waals surface area contributed by atoms with Gasteiger partial charge in [0.1, 0.15) is 6.54 Å². The highest BCUT2D eigenvalue weighted by atomic mass is 32.2. The fraction of sp³-hybridized carbons (Fsp3) is 0.949. The third-order valence-corrected chi connectivity index (χ3v) is 15.2. The summed E-state index contributed by atoms with van der Waals surface area (Å²) in [6.45, 7) is 33.3. The van der Waals surface area contributed by atoms with Crippen LogP contribution in [-0.4, -0.2) is 102 Å². The second kappa shape index (κ2) is 19.2. The van der Waals surface area contributed by atoms with Crippen molar-refractivity contribution < 1.29 is 45.1 Å². The lowest BCUT2D eigenvalue weighted by molar-refractivity contribution is -0.214. The summed E-state index contributed by atoms with van der Waals surface area (Å²) in [6.07, 6.45) is -4.41. The number of sulfone groups is 1. The molecule has 0 spiro atoms. The van der Waals surface area contributed by atoms with Crippen molar-refractivity contribution in [3.8, 4) is 0 Å². The highest BCUT2D eigenvalue weighted by Gasteiger charge is 2.45. The van der Waals surface area contributed by atoms with Gasteiger partial charge in [0.15, 0.2) is 9.84 Å². The Morgan fingerprint density at radius 1 is 0.648 bits per heavy atom. The molecule has 5 heterocycles. The molecule has 9 nitrogen and oxygen atoms in total. The van der Waals surface area contributed by atoms with Gasteiger partial charge in [-0.05, 0) is 63.3 Å². The fourth-order valence-electron chi connectivity index (χ4n) is 5.42. The molecule has 0 saturated carbocycles. The summed E-state index contributed by atoms with van der Waals surface area (Å²) in [5.74, 6) is 6.61. The number of nitrogens with zero attached hydrogens (tertiary/aromatic N) is 2. The SMILES string of the molecule is CC(C)(C)C1CS(=O)(=O)C1.CC(C)(C)C1CS(=O)C1.CC(C)(C)C1CSC1.CC(C)(C)[C@@H]1CON(CC(F)(F)F)C1=O.CCN1OC[C@@H](C(C)(C)C)C1=O. The van der Waals surface area contributed by atoms with Gasteiger partial charge >= 0.3 is 6.18 Å². The third kappa shape index (κ3) is 17.3. The zero-order valence-electron chi connectivity index (χ0n) is 36.1. The number of hydroxylamine groups is 4. The summed E-state index contributed by atoms with van der Waals surface area (Å²) in [4.78, 5) is 33.1. The predicted molar refractivity (Wildman–Crippen MR) is 216 cm³/mol. The normalized spacial score (nSPS) is 26.4. The Kier molecular flexibility index (Phi) is 18.2. The highest BCUT2D eigenvalue weighted by Crippen LogP contribution is 2.39. The molecule has 0 N–H and O–H groups in total. The quantitative estimate of drug-likeness (QED) is 0.274. The van der Waals surface area contributed by atoms with Gasteiger partial charge in [0, 0.05) is 28.9 Å². The molecule has 320 valence electrons. The lowest BCUT2D eigenvalue weighted by Crippen LogP contribution is -2.43. The van der Waals surface area contributed by atoms with Crippen LogP contribution >= 0.6 is 11.8 Å². The smallest absolute Gasteiger partial charge is 0.272 e. The lowest BCUT2D eigenvalue weighted by Gasteiger charge is -2.36. The van der Waals surface area contributed by atoms with E-state index in [0.717, 1.165) is 17.4 Å². The summed E-state index contributed by atoms with van der Waals surface area (Å²) in [7, 11) is -3.08. The van der Waals surface area contributed by atoms with Crippen molar-refractivity contribution in [2.75, 3.05) is 60.8 Å². The first kappa shape index (κ1) is 51.1. The topological polar surface area (TPSA) is 110 Å². The molecule has 54 heavy (non-hydrogen) atoms. The maximum absolute atomic E-state index is 12.0. The van der Waals surface area contributed by atoms with Gasteiger partial charge in [0.05, 0.1) is 36.6 Å². The number of rotatable bonds is 2. The van der Waals surface area contributed by atoms with Crippen LogP contribution in [0.1, 0.15) is 111 Å². The van der Waals surface area contributed by atoms with Crippen molar-refractivity contribution >= 4 is 44.2 Å². The van der Waals surface area contributed by atoms with Gasteiger partial charge in [0.25, 0.3) is 11.8 Å². The molecule has 15 heteroatoms. The van der Waals surface area contributed by atoms with Gasteiger partial charge in [-0.2, -0.15) is 24.9 Å². The minimum Gasteiger partial charge on any atom is -0.272 e. The Bertz CT molecular complexity index is 1330. The monoisotopic (exact) mass is 834 g/mol. The summed E-state index contributed by atoms with van der Waals surface area (Å²) in [5.41, 5.74) is 0.767. The van der Waals surface area contributed by atoms with Crippen LogP contribution in [0.2, 0.25) is 0 Å². The van der Waals surface area contributed by atoms with E-state index in [4.69, 9.17) is 9.68 Å². The second-order valence-corrected chi connectivity index (χ2v) is 25.3. The molecular weight excluding hydrogens is 762 g/mol. The highest BCUT2D eigenvalue weighted by molar-refractivity contribution is 8.00. The molecule has 5 saturated heterocycles. The van der Waals surface area contributed by atoms with Crippen LogP contribution in [-0.2, 0) is 39.9 Å².